The lowest BCUT2D eigenvalue weighted by atomic mass is 9.94. The molecule has 2 aromatic carbocycles. The molecular weight excluding hydrogens is 478 g/mol. The van der Waals surface area contributed by atoms with E-state index in [-0.39, 0.29) is 17.9 Å². The van der Waals surface area contributed by atoms with Crippen LogP contribution in [-0.2, 0) is 20.9 Å². The average Bonchev–Trinajstić information content (AvgIpc) is 3.54. The highest BCUT2D eigenvalue weighted by Gasteiger charge is 2.45. The van der Waals surface area contributed by atoms with Gasteiger partial charge in [-0.25, -0.2) is 9.78 Å². The average molecular weight is 504 g/mol. The van der Waals surface area contributed by atoms with Crippen molar-refractivity contribution in [2.24, 2.45) is 0 Å². The first-order chi connectivity index (χ1) is 18.0. The SMILES string of the molecule is COC(=O)c1ccc([C@@H]2/C(=C(\O)c3ccc4c(c3)OCCO4)C(=O)C(=O)N2CCCn2ccnc2)cc1. The molecule has 2 aliphatic rings. The molecule has 2 aliphatic heterocycles. The number of esters is 1. The van der Waals surface area contributed by atoms with Gasteiger partial charge in [0.2, 0.25) is 0 Å². The highest BCUT2D eigenvalue weighted by Crippen LogP contribution is 2.41. The minimum absolute atomic E-state index is 0.0323. The first-order valence-corrected chi connectivity index (χ1v) is 11.8. The number of rotatable bonds is 7. The number of aromatic nitrogens is 2. The number of aliphatic hydroxyl groups excluding tert-OH is 1. The quantitative estimate of drug-likeness (QED) is 0.226. The second kappa shape index (κ2) is 10.2. The van der Waals surface area contributed by atoms with Gasteiger partial charge in [-0.15, -0.1) is 0 Å². The summed E-state index contributed by atoms with van der Waals surface area (Å²) < 4.78 is 17.8. The van der Waals surface area contributed by atoms with Crippen LogP contribution in [0.1, 0.15) is 33.9 Å². The number of aryl methyl sites for hydroxylation is 1. The van der Waals surface area contributed by atoms with Crippen molar-refractivity contribution in [1.29, 1.82) is 0 Å². The van der Waals surface area contributed by atoms with Crippen LogP contribution in [0.25, 0.3) is 5.76 Å². The zero-order chi connectivity index (χ0) is 25.9. The van der Waals surface area contributed by atoms with Crippen molar-refractivity contribution in [3.63, 3.8) is 0 Å². The fourth-order valence-corrected chi connectivity index (χ4v) is 4.57. The van der Waals surface area contributed by atoms with E-state index in [2.05, 4.69) is 4.98 Å². The number of amides is 1. The maximum absolute atomic E-state index is 13.3. The molecule has 0 saturated carbocycles. The number of likely N-dealkylation sites (tertiary alicyclic amines) is 1. The number of hydrogen-bond acceptors (Lipinski definition) is 8. The van der Waals surface area contributed by atoms with Crippen LogP contribution in [0.5, 0.6) is 11.5 Å². The molecular formula is C27H25N3O7. The summed E-state index contributed by atoms with van der Waals surface area (Å²) in [6, 6.07) is 10.5. The van der Waals surface area contributed by atoms with Gasteiger partial charge in [-0.1, -0.05) is 12.1 Å². The van der Waals surface area contributed by atoms with Gasteiger partial charge in [0.05, 0.1) is 30.6 Å². The summed E-state index contributed by atoms with van der Waals surface area (Å²) in [5.41, 5.74) is 1.20. The number of nitrogens with zero attached hydrogens (tertiary/aromatic N) is 3. The summed E-state index contributed by atoms with van der Waals surface area (Å²) in [5, 5.41) is 11.3. The van der Waals surface area contributed by atoms with Crippen LogP contribution in [0.2, 0.25) is 0 Å². The van der Waals surface area contributed by atoms with Gasteiger partial charge in [0.25, 0.3) is 11.7 Å². The summed E-state index contributed by atoms with van der Waals surface area (Å²) in [7, 11) is 1.29. The van der Waals surface area contributed by atoms with Gasteiger partial charge in [0.15, 0.2) is 11.5 Å². The molecule has 0 bridgehead atoms. The van der Waals surface area contributed by atoms with E-state index in [1.165, 1.54) is 12.0 Å². The Kier molecular flexibility index (Phi) is 6.63. The summed E-state index contributed by atoms with van der Waals surface area (Å²) in [6.07, 6.45) is 5.73. The van der Waals surface area contributed by atoms with Crippen LogP contribution >= 0.6 is 0 Å². The molecule has 3 heterocycles. The van der Waals surface area contributed by atoms with Crippen molar-refractivity contribution in [1.82, 2.24) is 14.5 Å². The Balaban J connectivity index is 1.53. The number of hydrogen-bond donors (Lipinski definition) is 1. The summed E-state index contributed by atoms with van der Waals surface area (Å²) in [4.78, 5) is 43.8. The van der Waals surface area contributed by atoms with E-state index in [1.807, 2.05) is 10.8 Å². The summed E-state index contributed by atoms with van der Waals surface area (Å²) >= 11 is 0. The standard InChI is InChI=1S/C27H25N3O7/c1-35-27(34)18-5-3-17(4-6-18)23-22(24(31)19-7-8-20-21(15-19)37-14-13-36-20)25(32)26(33)30(23)11-2-10-29-12-9-28-16-29/h3-9,12,15-16,23,31H,2,10-11,13-14H2,1H3/b24-22+/t23-/m1/s1. The lowest BCUT2D eigenvalue weighted by Crippen LogP contribution is -2.31. The van der Waals surface area contributed by atoms with Gasteiger partial charge in [-0.05, 0) is 42.3 Å². The molecule has 1 atom stereocenters. The number of benzene rings is 2. The second-order valence-electron chi connectivity index (χ2n) is 8.62. The zero-order valence-corrected chi connectivity index (χ0v) is 20.1. The smallest absolute Gasteiger partial charge is 0.337 e. The normalized spacial score (nSPS) is 18.2. The fourth-order valence-electron chi connectivity index (χ4n) is 4.57. The molecule has 1 amide bonds. The number of aliphatic hydroxyl groups is 1. The monoisotopic (exact) mass is 503 g/mol. The van der Waals surface area contributed by atoms with E-state index in [9.17, 15) is 19.5 Å². The Morgan fingerprint density at radius 2 is 1.78 bits per heavy atom. The van der Waals surface area contributed by atoms with Crippen molar-refractivity contribution in [2.75, 3.05) is 26.9 Å². The summed E-state index contributed by atoms with van der Waals surface area (Å²) in [6.45, 7) is 1.65. The molecule has 1 N–H and O–H groups in total. The Morgan fingerprint density at radius 3 is 2.49 bits per heavy atom. The predicted molar refractivity (Wildman–Crippen MR) is 131 cm³/mol. The van der Waals surface area contributed by atoms with Gasteiger partial charge in [-0.3, -0.25) is 9.59 Å². The number of fused-ring (bicyclic) bond motifs is 1. The Morgan fingerprint density at radius 1 is 1.05 bits per heavy atom. The molecule has 1 saturated heterocycles. The van der Waals surface area contributed by atoms with Crippen LogP contribution in [-0.4, -0.2) is 64.1 Å². The third-order valence-corrected chi connectivity index (χ3v) is 6.38. The third kappa shape index (κ3) is 4.65. The minimum atomic E-state index is -0.845. The number of methoxy groups -OCH3 is 1. The van der Waals surface area contributed by atoms with E-state index in [4.69, 9.17) is 14.2 Å². The lowest BCUT2D eigenvalue weighted by Gasteiger charge is -2.25. The Hall–Kier alpha value is -4.60. The van der Waals surface area contributed by atoms with Crippen LogP contribution in [0.15, 0.2) is 66.8 Å². The predicted octanol–water partition coefficient (Wildman–Crippen LogP) is 2.95. The number of imidazole rings is 1. The van der Waals surface area contributed by atoms with E-state index < -0.39 is 23.7 Å². The van der Waals surface area contributed by atoms with Crippen molar-refractivity contribution >= 4 is 23.4 Å². The Labute approximate surface area is 212 Å². The molecule has 37 heavy (non-hydrogen) atoms. The second-order valence-corrected chi connectivity index (χ2v) is 8.62. The van der Waals surface area contributed by atoms with Gasteiger partial charge in [0, 0.05) is 31.0 Å². The number of ketones is 1. The van der Waals surface area contributed by atoms with Crippen molar-refractivity contribution in [2.45, 2.75) is 19.0 Å². The third-order valence-electron chi connectivity index (χ3n) is 6.38. The van der Waals surface area contributed by atoms with Gasteiger partial charge < -0.3 is 28.8 Å². The number of carbonyl (C=O) groups excluding carboxylic acids is 3. The van der Waals surface area contributed by atoms with Crippen LogP contribution in [0, 0.1) is 0 Å². The largest absolute Gasteiger partial charge is 0.507 e. The lowest BCUT2D eigenvalue weighted by molar-refractivity contribution is -0.139. The first-order valence-electron chi connectivity index (χ1n) is 11.8. The highest BCUT2D eigenvalue weighted by atomic mass is 16.6. The maximum Gasteiger partial charge on any atom is 0.337 e. The number of carbonyl (C=O) groups is 3. The number of ether oxygens (including phenoxy) is 3. The van der Waals surface area contributed by atoms with E-state index in [0.717, 1.165) is 0 Å². The highest BCUT2D eigenvalue weighted by molar-refractivity contribution is 6.46. The molecule has 1 fully saturated rings. The van der Waals surface area contributed by atoms with Crippen LogP contribution < -0.4 is 9.47 Å². The van der Waals surface area contributed by atoms with Crippen LogP contribution in [0.4, 0.5) is 0 Å². The molecule has 0 unspecified atom stereocenters. The van der Waals surface area contributed by atoms with E-state index >= 15 is 0 Å². The first kappa shape index (κ1) is 24.1. The molecule has 0 aliphatic carbocycles. The zero-order valence-electron chi connectivity index (χ0n) is 20.1. The minimum Gasteiger partial charge on any atom is -0.507 e. The summed E-state index contributed by atoms with van der Waals surface area (Å²) in [5.74, 6) is -1.31. The molecule has 1 aromatic heterocycles. The molecule has 0 spiro atoms. The van der Waals surface area contributed by atoms with E-state index in [1.54, 1.807) is 55.0 Å². The maximum atomic E-state index is 13.3. The molecule has 190 valence electrons. The topological polar surface area (TPSA) is 120 Å². The molecule has 0 radical (unpaired) electrons. The van der Waals surface area contributed by atoms with E-state index in [0.29, 0.717) is 54.4 Å². The molecule has 5 rings (SSSR count). The van der Waals surface area contributed by atoms with Crippen molar-refractivity contribution in [3.8, 4) is 11.5 Å². The molecule has 10 nitrogen and oxygen atoms in total. The Bertz CT molecular complexity index is 1360. The molecule has 10 heteroatoms. The van der Waals surface area contributed by atoms with Gasteiger partial charge >= 0.3 is 5.97 Å². The van der Waals surface area contributed by atoms with Gasteiger partial charge in [0.1, 0.15) is 19.0 Å². The molecule has 3 aromatic rings. The van der Waals surface area contributed by atoms with Crippen molar-refractivity contribution in [3.05, 3.63) is 83.4 Å². The van der Waals surface area contributed by atoms with Gasteiger partial charge in [-0.2, -0.15) is 0 Å². The van der Waals surface area contributed by atoms with Crippen LogP contribution in [0.3, 0.4) is 0 Å². The number of Topliss-reactive ketones (excluding diaryl/α,β-unsaturated/α-hetero) is 1. The fraction of sp³-hybridized carbons (Fsp3) is 0.259. The van der Waals surface area contributed by atoms with Crippen molar-refractivity contribution < 1.29 is 33.7 Å².